The molecule has 0 radical (unpaired) electrons. The summed E-state index contributed by atoms with van der Waals surface area (Å²) in [6.07, 6.45) is 4.06. The van der Waals surface area contributed by atoms with Crippen molar-refractivity contribution in [2.75, 3.05) is 13.7 Å². The van der Waals surface area contributed by atoms with Crippen LogP contribution in [0.25, 0.3) is 5.69 Å². The molecule has 0 saturated carbocycles. The number of benzene rings is 2. The highest BCUT2D eigenvalue weighted by atomic mass is 35.5. The van der Waals surface area contributed by atoms with E-state index in [1.807, 2.05) is 53.2 Å². The van der Waals surface area contributed by atoms with Crippen molar-refractivity contribution < 1.29 is 9.53 Å². The first-order chi connectivity index (χ1) is 13.6. The first kappa shape index (κ1) is 20.0. The van der Waals surface area contributed by atoms with Gasteiger partial charge in [0.2, 0.25) is 0 Å². The summed E-state index contributed by atoms with van der Waals surface area (Å²) in [5.74, 6) is 0.713. The number of methoxy groups -OCH3 is 1. The lowest BCUT2D eigenvalue weighted by atomic mass is 10.1. The van der Waals surface area contributed by atoms with E-state index in [1.54, 1.807) is 13.3 Å². The van der Waals surface area contributed by atoms with E-state index < -0.39 is 0 Å². The standard InChI is InChI=1S/C22H24ClN3O2/c1-3-5-21-20(15-25-26(21)18-10-8-17(23)9-11-18)22(27)24-13-12-16-6-4-7-19(14-16)28-2/h4,6-11,14-15H,3,5,12-13H2,1-2H3,(H,24,27). The number of nitrogens with zero attached hydrogens (tertiary/aromatic N) is 2. The van der Waals surface area contributed by atoms with Crippen molar-refractivity contribution in [3.8, 4) is 11.4 Å². The van der Waals surface area contributed by atoms with E-state index in [0.717, 1.165) is 42.0 Å². The molecule has 0 aliphatic heterocycles. The van der Waals surface area contributed by atoms with Crippen LogP contribution in [0.5, 0.6) is 5.75 Å². The van der Waals surface area contributed by atoms with Gasteiger partial charge in [-0.1, -0.05) is 37.1 Å². The number of halogens is 1. The van der Waals surface area contributed by atoms with E-state index in [0.29, 0.717) is 17.1 Å². The monoisotopic (exact) mass is 397 g/mol. The molecule has 0 aliphatic rings. The van der Waals surface area contributed by atoms with Gasteiger partial charge >= 0.3 is 0 Å². The largest absolute Gasteiger partial charge is 0.497 e. The van der Waals surface area contributed by atoms with Gasteiger partial charge in [-0.25, -0.2) is 4.68 Å². The first-order valence-electron chi connectivity index (χ1n) is 9.36. The molecule has 0 aliphatic carbocycles. The van der Waals surface area contributed by atoms with Gasteiger partial charge in [0.05, 0.1) is 30.3 Å². The molecule has 3 aromatic rings. The quantitative estimate of drug-likeness (QED) is 0.610. The number of carbonyl (C=O) groups excluding carboxylic acids is 1. The fourth-order valence-corrected chi connectivity index (χ4v) is 3.22. The summed E-state index contributed by atoms with van der Waals surface area (Å²) in [5.41, 5.74) is 3.53. The predicted molar refractivity (Wildman–Crippen MR) is 112 cm³/mol. The fraction of sp³-hybridized carbons (Fsp3) is 0.273. The number of carbonyl (C=O) groups is 1. The molecule has 1 amide bonds. The third-order valence-corrected chi connectivity index (χ3v) is 4.76. The van der Waals surface area contributed by atoms with Gasteiger partial charge in [-0.2, -0.15) is 5.10 Å². The average Bonchev–Trinajstić information content (AvgIpc) is 3.13. The lowest BCUT2D eigenvalue weighted by Gasteiger charge is -2.10. The summed E-state index contributed by atoms with van der Waals surface area (Å²) in [5, 5.41) is 8.11. The lowest BCUT2D eigenvalue weighted by molar-refractivity contribution is 0.0953. The summed E-state index contributed by atoms with van der Waals surface area (Å²) in [4.78, 5) is 12.7. The number of hydrogen-bond donors (Lipinski definition) is 1. The lowest BCUT2D eigenvalue weighted by Crippen LogP contribution is -2.26. The van der Waals surface area contributed by atoms with Crippen molar-refractivity contribution in [1.82, 2.24) is 15.1 Å². The van der Waals surface area contributed by atoms with Crippen LogP contribution in [0, 0.1) is 0 Å². The number of hydrogen-bond acceptors (Lipinski definition) is 3. The van der Waals surface area contributed by atoms with Crippen LogP contribution in [0.2, 0.25) is 5.02 Å². The number of ether oxygens (including phenoxy) is 1. The zero-order chi connectivity index (χ0) is 19.9. The van der Waals surface area contributed by atoms with Crippen LogP contribution in [-0.2, 0) is 12.8 Å². The maximum Gasteiger partial charge on any atom is 0.254 e. The van der Waals surface area contributed by atoms with Gasteiger partial charge in [-0.15, -0.1) is 0 Å². The molecule has 0 fully saturated rings. The van der Waals surface area contributed by atoms with Crippen molar-refractivity contribution in [2.24, 2.45) is 0 Å². The third kappa shape index (κ3) is 4.73. The SMILES string of the molecule is CCCc1c(C(=O)NCCc2cccc(OC)c2)cnn1-c1ccc(Cl)cc1. The second-order valence-corrected chi connectivity index (χ2v) is 6.94. The maximum absolute atomic E-state index is 12.7. The van der Waals surface area contributed by atoms with Crippen LogP contribution in [0.3, 0.4) is 0 Å². The van der Waals surface area contributed by atoms with Crippen molar-refractivity contribution in [1.29, 1.82) is 0 Å². The molecule has 0 spiro atoms. The highest BCUT2D eigenvalue weighted by molar-refractivity contribution is 6.30. The normalized spacial score (nSPS) is 10.7. The van der Waals surface area contributed by atoms with Crippen molar-refractivity contribution >= 4 is 17.5 Å². The van der Waals surface area contributed by atoms with Crippen LogP contribution in [-0.4, -0.2) is 29.3 Å². The minimum absolute atomic E-state index is 0.105. The molecule has 0 saturated heterocycles. The minimum atomic E-state index is -0.105. The van der Waals surface area contributed by atoms with Crippen LogP contribution >= 0.6 is 11.6 Å². The molecule has 1 heterocycles. The summed E-state index contributed by atoms with van der Waals surface area (Å²) < 4.78 is 7.06. The van der Waals surface area contributed by atoms with Gasteiger partial charge in [0.15, 0.2) is 0 Å². The first-order valence-corrected chi connectivity index (χ1v) is 9.74. The van der Waals surface area contributed by atoms with Gasteiger partial charge in [-0.05, 0) is 54.8 Å². The summed E-state index contributed by atoms with van der Waals surface area (Å²) >= 11 is 5.98. The Bertz CT molecular complexity index is 935. The Kier molecular flexibility index (Phi) is 6.71. The molecule has 146 valence electrons. The number of rotatable bonds is 8. The van der Waals surface area contributed by atoms with Crippen molar-refractivity contribution in [3.63, 3.8) is 0 Å². The molecule has 0 atom stereocenters. The molecular weight excluding hydrogens is 374 g/mol. The minimum Gasteiger partial charge on any atom is -0.497 e. The van der Waals surface area contributed by atoms with Gasteiger partial charge in [0, 0.05) is 11.6 Å². The molecule has 1 N–H and O–H groups in total. The molecule has 28 heavy (non-hydrogen) atoms. The van der Waals surface area contributed by atoms with E-state index in [4.69, 9.17) is 16.3 Å². The zero-order valence-corrected chi connectivity index (χ0v) is 16.9. The van der Waals surface area contributed by atoms with Gasteiger partial charge < -0.3 is 10.1 Å². The van der Waals surface area contributed by atoms with Crippen LogP contribution in [0.1, 0.15) is 35.0 Å². The Morgan fingerprint density at radius 3 is 2.68 bits per heavy atom. The molecule has 1 aromatic heterocycles. The second kappa shape index (κ2) is 9.42. The van der Waals surface area contributed by atoms with Gasteiger partial charge in [-0.3, -0.25) is 4.79 Å². The number of nitrogens with one attached hydrogen (secondary N) is 1. The summed E-state index contributed by atoms with van der Waals surface area (Å²) in [6, 6.07) is 15.3. The molecule has 3 rings (SSSR count). The van der Waals surface area contributed by atoms with Gasteiger partial charge in [0.25, 0.3) is 5.91 Å². The molecule has 5 nitrogen and oxygen atoms in total. The van der Waals surface area contributed by atoms with E-state index in [2.05, 4.69) is 17.3 Å². The summed E-state index contributed by atoms with van der Waals surface area (Å²) in [7, 11) is 1.65. The Labute approximate surface area is 170 Å². The summed E-state index contributed by atoms with van der Waals surface area (Å²) in [6.45, 7) is 2.63. The highest BCUT2D eigenvalue weighted by Gasteiger charge is 2.17. The van der Waals surface area contributed by atoms with E-state index >= 15 is 0 Å². The molecule has 0 unspecified atom stereocenters. The van der Waals surface area contributed by atoms with Gasteiger partial charge in [0.1, 0.15) is 5.75 Å². The molecular formula is C22H24ClN3O2. The average molecular weight is 398 g/mol. The Morgan fingerprint density at radius 2 is 1.96 bits per heavy atom. The Hall–Kier alpha value is -2.79. The van der Waals surface area contributed by atoms with E-state index in [-0.39, 0.29) is 5.91 Å². The predicted octanol–water partition coefficient (Wildman–Crippen LogP) is 4.46. The Balaban J connectivity index is 1.71. The second-order valence-electron chi connectivity index (χ2n) is 6.50. The van der Waals surface area contributed by atoms with E-state index in [9.17, 15) is 4.79 Å². The number of amides is 1. The zero-order valence-electron chi connectivity index (χ0n) is 16.1. The smallest absolute Gasteiger partial charge is 0.254 e. The molecule has 0 bridgehead atoms. The topological polar surface area (TPSA) is 56.1 Å². The van der Waals surface area contributed by atoms with Crippen molar-refractivity contribution in [2.45, 2.75) is 26.2 Å². The Morgan fingerprint density at radius 1 is 1.18 bits per heavy atom. The van der Waals surface area contributed by atoms with Crippen LogP contribution in [0.15, 0.2) is 54.7 Å². The maximum atomic E-state index is 12.7. The molecule has 2 aromatic carbocycles. The third-order valence-electron chi connectivity index (χ3n) is 4.50. The molecule has 6 heteroatoms. The van der Waals surface area contributed by atoms with Crippen LogP contribution < -0.4 is 10.1 Å². The van der Waals surface area contributed by atoms with Crippen molar-refractivity contribution in [3.05, 3.63) is 76.6 Å². The number of aromatic nitrogens is 2. The fourth-order valence-electron chi connectivity index (χ4n) is 3.09. The van der Waals surface area contributed by atoms with E-state index in [1.165, 1.54) is 0 Å². The highest BCUT2D eigenvalue weighted by Crippen LogP contribution is 2.19. The van der Waals surface area contributed by atoms with Crippen LogP contribution in [0.4, 0.5) is 0 Å².